The number of likely N-dealkylation sites (tertiary alicyclic amines) is 1. The summed E-state index contributed by atoms with van der Waals surface area (Å²) in [5.41, 5.74) is 3.12. The molecular weight excluding hydrogens is 688 g/mol. The molecule has 8 rings (SSSR count). The number of hydrogen-bond acceptors (Lipinski definition) is 11. The van der Waals surface area contributed by atoms with Crippen molar-refractivity contribution >= 4 is 11.7 Å². The molecule has 5 aliphatic rings. The molecule has 3 saturated heterocycles. The van der Waals surface area contributed by atoms with Crippen LogP contribution in [0.4, 0.5) is 10.2 Å². The zero-order valence-electron chi connectivity index (χ0n) is 32.7. The second-order valence-corrected chi connectivity index (χ2v) is 16.0. The second kappa shape index (κ2) is 16.4. The summed E-state index contributed by atoms with van der Waals surface area (Å²) in [6.07, 6.45) is 10.0. The van der Waals surface area contributed by atoms with Gasteiger partial charge in [0.25, 0.3) is 11.8 Å². The zero-order valence-corrected chi connectivity index (χ0v) is 32.7. The maximum absolute atomic E-state index is 14.3. The summed E-state index contributed by atoms with van der Waals surface area (Å²) >= 11 is 0. The number of fused-ring (bicyclic) bond motifs is 1. The number of benzene rings is 1. The molecule has 0 radical (unpaired) electrons. The SMILES string of the molecule is CC.CCN(C(=O)c1cc(F)ccc1Oc1nncnc1N1CC2(CC(Oc3ccnc4c3CN(CCCN3CCC5(CCOC5)C3)CC4)C2)C1)C(C)C. The van der Waals surface area contributed by atoms with Gasteiger partial charge < -0.3 is 28.9 Å². The third kappa shape index (κ3) is 8.04. The number of anilines is 1. The normalized spacial score (nSPS) is 22.1. The van der Waals surface area contributed by atoms with Gasteiger partial charge >= 0.3 is 0 Å². The Morgan fingerprint density at radius 1 is 1.04 bits per heavy atom. The Hall–Kier alpha value is -3.94. The number of hydrogen-bond donors (Lipinski definition) is 0. The van der Waals surface area contributed by atoms with Gasteiger partial charge in [0, 0.05) is 86.6 Å². The molecule has 3 aromatic rings. The monoisotopic (exact) mass is 744 g/mol. The summed E-state index contributed by atoms with van der Waals surface area (Å²) in [6.45, 7) is 20.3. The highest BCUT2D eigenvalue weighted by molar-refractivity contribution is 5.97. The Labute approximate surface area is 319 Å². The summed E-state index contributed by atoms with van der Waals surface area (Å²) in [7, 11) is 0. The largest absolute Gasteiger partial charge is 0.490 e. The lowest BCUT2D eigenvalue weighted by atomic mass is 9.61. The van der Waals surface area contributed by atoms with Crippen LogP contribution in [-0.4, -0.2) is 118 Å². The number of aromatic nitrogens is 4. The molecule has 2 aromatic heterocycles. The van der Waals surface area contributed by atoms with E-state index in [-0.39, 0.29) is 40.7 Å². The Balaban J connectivity index is 0.00000221. The molecule has 13 heteroatoms. The van der Waals surface area contributed by atoms with Gasteiger partial charge in [-0.15, -0.1) is 10.2 Å². The van der Waals surface area contributed by atoms with E-state index in [1.165, 1.54) is 68.1 Å². The van der Waals surface area contributed by atoms with E-state index in [4.69, 9.17) is 19.2 Å². The number of carbonyl (C=O) groups is 1. The molecule has 0 N–H and O–H groups in total. The van der Waals surface area contributed by atoms with Crippen molar-refractivity contribution in [3.05, 3.63) is 59.4 Å². The van der Waals surface area contributed by atoms with E-state index in [1.54, 1.807) is 4.90 Å². The molecule has 4 fully saturated rings. The van der Waals surface area contributed by atoms with E-state index < -0.39 is 5.82 Å². The topological polar surface area (TPSA) is 109 Å². The fraction of sp³-hybridized carbons (Fsp3) is 0.634. The van der Waals surface area contributed by atoms with Crippen LogP contribution in [-0.2, 0) is 17.7 Å². The van der Waals surface area contributed by atoms with Crippen LogP contribution in [0.25, 0.3) is 0 Å². The van der Waals surface area contributed by atoms with Crippen molar-refractivity contribution in [2.24, 2.45) is 10.8 Å². The van der Waals surface area contributed by atoms with Gasteiger partial charge in [0.05, 0.1) is 12.2 Å². The molecule has 1 atom stereocenters. The molecule has 1 saturated carbocycles. The van der Waals surface area contributed by atoms with Crippen LogP contribution in [0.2, 0.25) is 0 Å². The molecule has 292 valence electrons. The van der Waals surface area contributed by atoms with E-state index in [0.717, 1.165) is 77.5 Å². The van der Waals surface area contributed by atoms with Gasteiger partial charge in [-0.25, -0.2) is 9.37 Å². The van der Waals surface area contributed by atoms with Gasteiger partial charge in [-0.3, -0.25) is 14.7 Å². The van der Waals surface area contributed by atoms with E-state index in [0.29, 0.717) is 17.8 Å². The minimum absolute atomic E-state index is 0.0516. The summed E-state index contributed by atoms with van der Waals surface area (Å²) in [4.78, 5) is 31.6. The molecule has 12 nitrogen and oxygen atoms in total. The first-order chi connectivity index (χ1) is 26.2. The predicted molar refractivity (Wildman–Crippen MR) is 205 cm³/mol. The van der Waals surface area contributed by atoms with Gasteiger partial charge in [-0.05, 0) is 96.8 Å². The Morgan fingerprint density at radius 2 is 1.85 bits per heavy atom. The Morgan fingerprint density at radius 3 is 2.61 bits per heavy atom. The fourth-order valence-electron chi connectivity index (χ4n) is 9.12. The maximum atomic E-state index is 14.3. The number of pyridine rings is 1. The molecule has 6 heterocycles. The van der Waals surface area contributed by atoms with E-state index in [9.17, 15) is 9.18 Å². The Kier molecular flexibility index (Phi) is 11.7. The number of ether oxygens (including phenoxy) is 3. The molecule has 1 aromatic carbocycles. The van der Waals surface area contributed by atoms with Crippen molar-refractivity contribution < 1.29 is 23.4 Å². The average molecular weight is 745 g/mol. The highest BCUT2D eigenvalue weighted by Crippen LogP contribution is 2.52. The van der Waals surface area contributed by atoms with Crippen LogP contribution in [0, 0.1) is 16.6 Å². The molecular formula is C41H57FN8O4. The molecule has 1 amide bonds. The zero-order chi connectivity index (χ0) is 37.9. The van der Waals surface area contributed by atoms with Gasteiger partial charge in [-0.1, -0.05) is 13.8 Å². The second-order valence-electron chi connectivity index (χ2n) is 16.0. The van der Waals surface area contributed by atoms with Crippen molar-refractivity contribution in [1.82, 2.24) is 34.9 Å². The van der Waals surface area contributed by atoms with E-state index in [2.05, 4.69) is 29.9 Å². The first-order valence-electron chi connectivity index (χ1n) is 20.1. The molecule has 1 aliphatic carbocycles. The molecule has 1 unspecified atom stereocenters. The van der Waals surface area contributed by atoms with E-state index in [1.807, 2.05) is 46.9 Å². The number of amides is 1. The first kappa shape index (κ1) is 38.3. The lowest BCUT2D eigenvalue weighted by Gasteiger charge is -2.58. The smallest absolute Gasteiger partial charge is 0.282 e. The minimum atomic E-state index is -0.509. The van der Waals surface area contributed by atoms with Crippen molar-refractivity contribution in [3.8, 4) is 17.4 Å². The first-order valence-corrected chi connectivity index (χ1v) is 20.1. The van der Waals surface area contributed by atoms with Crippen molar-refractivity contribution in [3.63, 3.8) is 0 Å². The standard InChI is InChI=1S/C39H51FN8O4.C2H6/c1-4-48(27(2)3)37(49)30-18-28(40)6-7-33(30)52-36-35(42-26-43-44-36)47-23-39(24-47)19-29(20-39)51-34-8-12-41-32-9-15-45(21-31(32)34)13-5-14-46-16-10-38(22-46)11-17-50-25-38;1-2/h6-8,12,18,26-27,29H,4-5,9-11,13-17,19-25H2,1-3H3;1-2H3. The molecule has 0 bridgehead atoms. The van der Waals surface area contributed by atoms with Gasteiger partial charge in [0.2, 0.25) is 0 Å². The van der Waals surface area contributed by atoms with Gasteiger partial charge in [0.15, 0.2) is 5.82 Å². The summed E-state index contributed by atoms with van der Waals surface area (Å²) < 4.78 is 32.9. The lowest BCUT2D eigenvalue weighted by molar-refractivity contribution is -0.0353. The third-order valence-corrected chi connectivity index (χ3v) is 11.9. The maximum Gasteiger partial charge on any atom is 0.282 e. The highest BCUT2D eigenvalue weighted by atomic mass is 19.1. The van der Waals surface area contributed by atoms with E-state index >= 15 is 0 Å². The van der Waals surface area contributed by atoms with Crippen molar-refractivity contribution in [2.45, 2.75) is 91.8 Å². The average Bonchev–Trinajstić information content (AvgIpc) is 3.79. The lowest BCUT2D eigenvalue weighted by Crippen LogP contribution is -2.65. The third-order valence-electron chi connectivity index (χ3n) is 11.9. The van der Waals surface area contributed by atoms with Crippen LogP contribution in [0.5, 0.6) is 17.4 Å². The van der Waals surface area contributed by atoms with Crippen LogP contribution >= 0.6 is 0 Å². The number of nitrogens with zero attached hydrogens (tertiary/aromatic N) is 8. The van der Waals surface area contributed by atoms with Crippen molar-refractivity contribution in [1.29, 1.82) is 0 Å². The summed E-state index contributed by atoms with van der Waals surface area (Å²) in [5.74, 6) is 1.14. The number of halogens is 1. The molecule has 54 heavy (non-hydrogen) atoms. The van der Waals surface area contributed by atoms with Crippen LogP contribution in [0.1, 0.15) is 88.3 Å². The minimum Gasteiger partial charge on any atom is -0.490 e. The molecule has 2 spiro atoms. The number of rotatable bonds is 12. The van der Waals surface area contributed by atoms with Crippen molar-refractivity contribution in [2.75, 3.05) is 70.5 Å². The summed E-state index contributed by atoms with van der Waals surface area (Å²) in [6, 6.07) is 5.95. The van der Waals surface area contributed by atoms with Crippen LogP contribution < -0.4 is 14.4 Å². The fourth-order valence-corrected chi connectivity index (χ4v) is 9.12. The highest BCUT2D eigenvalue weighted by Gasteiger charge is 2.54. The number of carbonyl (C=O) groups excluding carboxylic acids is 1. The van der Waals surface area contributed by atoms with Crippen LogP contribution in [0.15, 0.2) is 36.8 Å². The molecule has 4 aliphatic heterocycles. The van der Waals surface area contributed by atoms with Gasteiger partial charge in [-0.2, -0.15) is 0 Å². The van der Waals surface area contributed by atoms with Gasteiger partial charge in [0.1, 0.15) is 29.7 Å². The summed E-state index contributed by atoms with van der Waals surface area (Å²) in [5, 5.41) is 8.18. The van der Waals surface area contributed by atoms with Crippen LogP contribution in [0.3, 0.4) is 0 Å². The quantitative estimate of drug-likeness (QED) is 0.218. The Bertz CT molecular complexity index is 1760. The predicted octanol–water partition coefficient (Wildman–Crippen LogP) is 6.00.